The first-order valence-corrected chi connectivity index (χ1v) is 6.92. The molecule has 3 N–H and O–H groups in total. The fourth-order valence-corrected chi connectivity index (χ4v) is 1.58. The molecule has 0 aliphatic heterocycles. The van der Waals surface area contributed by atoms with Gasteiger partial charge in [0, 0.05) is 18.9 Å². The number of amidine groups is 1. The molecular weight excluding hydrogens is 323 g/mol. The zero-order chi connectivity index (χ0) is 18.3. The number of nitrogens with zero attached hydrogens (tertiary/aromatic N) is 3. The molecule has 1 aromatic rings. The van der Waals surface area contributed by atoms with Crippen LogP contribution in [0.25, 0.3) is 5.57 Å². The predicted molar refractivity (Wildman–Crippen MR) is 86.4 cm³/mol. The van der Waals surface area contributed by atoms with E-state index in [-0.39, 0.29) is 12.5 Å². The van der Waals surface area contributed by atoms with E-state index in [4.69, 9.17) is 5.73 Å². The van der Waals surface area contributed by atoms with Crippen LogP contribution in [0.5, 0.6) is 0 Å². The molecule has 0 saturated heterocycles. The number of carbonyl (C=O) groups excluding carboxylic acids is 1. The molecule has 130 valence electrons. The maximum atomic E-state index is 12.5. The molecule has 0 aromatic carbocycles. The Kier molecular flexibility index (Phi) is 6.78. The summed E-state index contributed by atoms with van der Waals surface area (Å²) in [6.45, 7) is 6.20. The molecule has 1 amide bonds. The zero-order valence-corrected chi connectivity index (χ0v) is 13.3. The topological polar surface area (TPSA) is 92.7 Å². The lowest BCUT2D eigenvalue weighted by molar-refractivity contribution is -0.122. The third kappa shape index (κ3) is 5.92. The molecule has 1 unspecified atom stereocenters. The van der Waals surface area contributed by atoms with Crippen molar-refractivity contribution in [2.24, 2.45) is 15.7 Å². The van der Waals surface area contributed by atoms with Crippen LogP contribution in [0.3, 0.4) is 0 Å². The summed E-state index contributed by atoms with van der Waals surface area (Å²) in [5.74, 6) is -1.64. The molecule has 6 nitrogen and oxygen atoms in total. The van der Waals surface area contributed by atoms with E-state index < -0.39 is 18.1 Å². The van der Waals surface area contributed by atoms with E-state index >= 15 is 0 Å². The number of aliphatic imine (C=N–C) groups is 2. The summed E-state index contributed by atoms with van der Waals surface area (Å²) in [6, 6.07) is 2.68. The highest BCUT2D eigenvalue weighted by molar-refractivity contribution is 5.91. The number of amides is 1. The summed E-state index contributed by atoms with van der Waals surface area (Å²) in [4.78, 5) is 21.7. The number of halogens is 3. The highest BCUT2D eigenvalue weighted by Crippen LogP contribution is 2.19. The molecule has 24 heavy (non-hydrogen) atoms. The summed E-state index contributed by atoms with van der Waals surface area (Å²) in [5, 5.41) is 2.63. The van der Waals surface area contributed by atoms with E-state index in [2.05, 4.69) is 27.0 Å². The van der Waals surface area contributed by atoms with Crippen molar-refractivity contribution >= 4 is 24.0 Å². The SMILES string of the molecule is C=NC(=N/C=C(\C)c1cc(CNC(=O)C(C)N)ccn1)C(F)(F)F. The average Bonchev–Trinajstić information content (AvgIpc) is 2.51. The molecule has 1 aromatic heterocycles. The fourth-order valence-electron chi connectivity index (χ4n) is 1.58. The van der Waals surface area contributed by atoms with Gasteiger partial charge in [-0.3, -0.25) is 9.78 Å². The maximum absolute atomic E-state index is 12.5. The lowest BCUT2D eigenvalue weighted by atomic mass is 10.1. The number of nitrogens with one attached hydrogen (secondary N) is 1. The van der Waals surface area contributed by atoms with Crippen molar-refractivity contribution in [1.29, 1.82) is 0 Å². The van der Waals surface area contributed by atoms with Crippen LogP contribution < -0.4 is 11.1 Å². The van der Waals surface area contributed by atoms with E-state index in [0.717, 1.165) is 11.8 Å². The fraction of sp³-hybridized carbons (Fsp3) is 0.333. The van der Waals surface area contributed by atoms with Crippen molar-refractivity contribution in [3.8, 4) is 0 Å². The van der Waals surface area contributed by atoms with E-state index in [1.165, 1.54) is 6.20 Å². The van der Waals surface area contributed by atoms with Gasteiger partial charge in [0.1, 0.15) is 0 Å². The number of allylic oxidation sites excluding steroid dienone is 1. The molecule has 1 heterocycles. The van der Waals surface area contributed by atoms with Gasteiger partial charge in [-0.05, 0) is 43.8 Å². The number of nitrogens with two attached hydrogens (primary N) is 1. The summed E-state index contributed by atoms with van der Waals surface area (Å²) < 4.78 is 37.6. The van der Waals surface area contributed by atoms with Gasteiger partial charge in [0.2, 0.25) is 11.7 Å². The normalized spacial score (nSPS) is 14.2. The Morgan fingerprint density at radius 3 is 2.75 bits per heavy atom. The van der Waals surface area contributed by atoms with Crippen LogP contribution in [0, 0.1) is 0 Å². The zero-order valence-electron chi connectivity index (χ0n) is 13.3. The smallest absolute Gasteiger partial charge is 0.351 e. The quantitative estimate of drug-likeness (QED) is 0.634. The van der Waals surface area contributed by atoms with Gasteiger partial charge in [-0.25, -0.2) is 9.98 Å². The average molecular weight is 341 g/mol. The number of pyridine rings is 1. The lowest BCUT2D eigenvalue weighted by Crippen LogP contribution is -2.37. The second-order valence-corrected chi connectivity index (χ2v) is 4.98. The van der Waals surface area contributed by atoms with Gasteiger partial charge >= 0.3 is 6.18 Å². The van der Waals surface area contributed by atoms with Gasteiger partial charge in [-0.2, -0.15) is 13.2 Å². The Morgan fingerprint density at radius 2 is 2.21 bits per heavy atom. The Balaban J connectivity index is 2.92. The standard InChI is InChI=1S/C15H18F3N5O/c1-9(7-23-14(20-3)15(16,17)18)12-6-11(4-5-21-12)8-22-13(24)10(2)19/h4-7,10H,3,8,19H2,1-2H3,(H,22,24)/b9-7+,23-14?. The molecule has 0 radical (unpaired) electrons. The van der Waals surface area contributed by atoms with Crippen molar-refractivity contribution in [1.82, 2.24) is 10.3 Å². The molecule has 0 bridgehead atoms. The van der Waals surface area contributed by atoms with Crippen LogP contribution in [0.15, 0.2) is 34.5 Å². The van der Waals surface area contributed by atoms with Crippen molar-refractivity contribution < 1.29 is 18.0 Å². The molecule has 0 fully saturated rings. The van der Waals surface area contributed by atoms with Crippen LogP contribution >= 0.6 is 0 Å². The third-order valence-corrected chi connectivity index (χ3v) is 2.89. The molecule has 0 spiro atoms. The minimum absolute atomic E-state index is 0.231. The van der Waals surface area contributed by atoms with E-state index in [1.807, 2.05) is 0 Å². The molecule has 9 heteroatoms. The first-order chi connectivity index (χ1) is 11.1. The van der Waals surface area contributed by atoms with Crippen LogP contribution in [0.1, 0.15) is 25.1 Å². The van der Waals surface area contributed by atoms with Crippen LogP contribution in [0.2, 0.25) is 0 Å². The van der Waals surface area contributed by atoms with Gasteiger partial charge in [-0.1, -0.05) is 0 Å². The van der Waals surface area contributed by atoms with E-state index in [0.29, 0.717) is 11.3 Å². The molecule has 0 saturated carbocycles. The second kappa shape index (κ2) is 8.34. The summed E-state index contributed by atoms with van der Waals surface area (Å²) in [6.07, 6.45) is -2.17. The van der Waals surface area contributed by atoms with Gasteiger partial charge in [0.05, 0.1) is 11.7 Å². The largest absolute Gasteiger partial charge is 0.451 e. The summed E-state index contributed by atoms with van der Waals surface area (Å²) in [7, 11) is 0. The first-order valence-electron chi connectivity index (χ1n) is 6.92. The Morgan fingerprint density at radius 1 is 1.54 bits per heavy atom. The minimum Gasteiger partial charge on any atom is -0.351 e. The molecular formula is C15H18F3N5O. The Hall–Kier alpha value is -2.55. The molecule has 0 aliphatic rings. The number of carbonyl (C=O) groups is 1. The number of hydrogen-bond donors (Lipinski definition) is 2. The van der Waals surface area contributed by atoms with E-state index in [9.17, 15) is 18.0 Å². The van der Waals surface area contributed by atoms with Crippen molar-refractivity contribution in [3.05, 3.63) is 35.8 Å². The number of aromatic nitrogens is 1. The number of alkyl halides is 3. The van der Waals surface area contributed by atoms with Gasteiger partial charge in [0.25, 0.3) is 0 Å². The van der Waals surface area contributed by atoms with Gasteiger partial charge < -0.3 is 11.1 Å². The number of rotatable bonds is 5. The highest BCUT2D eigenvalue weighted by Gasteiger charge is 2.35. The maximum Gasteiger partial charge on any atom is 0.451 e. The highest BCUT2D eigenvalue weighted by atomic mass is 19.4. The molecule has 0 aliphatic carbocycles. The Labute approximate surface area is 137 Å². The van der Waals surface area contributed by atoms with E-state index in [1.54, 1.807) is 26.0 Å². The van der Waals surface area contributed by atoms with Crippen molar-refractivity contribution in [3.63, 3.8) is 0 Å². The van der Waals surface area contributed by atoms with Gasteiger partial charge in [0.15, 0.2) is 0 Å². The summed E-state index contributed by atoms with van der Waals surface area (Å²) >= 11 is 0. The third-order valence-electron chi connectivity index (χ3n) is 2.89. The Bertz CT molecular complexity index is 665. The lowest BCUT2D eigenvalue weighted by Gasteiger charge is -2.09. The minimum atomic E-state index is -4.67. The first kappa shape index (κ1) is 19.5. The van der Waals surface area contributed by atoms with Crippen LogP contribution in [-0.2, 0) is 11.3 Å². The van der Waals surface area contributed by atoms with Gasteiger partial charge in [-0.15, -0.1) is 0 Å². The predicted octanol–water partition coefficient (Wildman–Crippen LogP) is 2.07. The number of hydrogen-bond acceptors (Lipinski definition) is 4. The summed E-state index contributed by atoms with van der Waals surface area (Å²) in [5.41, 5.74) is 7.00. The van der Waals surface area contributed by atoms with Crippen molar-refractivity contribution in [2.75, 3.05) is 0 Å². The second-order valence-electron chi connectivity index (χ2n) is 4.98. The molecule has 1 atom stereocenters. The van der Waals surface area contributed by atoms with Crippen molar-refractivity contribution in [2.45, 2.75) is 32.6 Å². The monoisotopic (exact) mass is 341 g/mol. The molecule has 1 rings (SSSR count). The van der Waals surface area contributed by atoms with Crippen LogP contribution in [0.4, 0.5) is 13.2 Å². The van der Waals surface area contributed by atoms with Crippen LogP contribution in [-0.4, -0.2) is 35.7 Å².